The Hall–Kier alpha value is -2.34. The number of hydrogen-bond donors (Lipinski definition) is 2. The van der Waals surface area contributed by atoms with Crippen molar-refractivity contribution in [3.05, 3.63) is 42.5 Å². The minimum Gasteiger partial charge on any atom is -0.486 e. The topological polar surface area (TPSA) is 54.9 Å². The summed E-state index contributed by atoms with van der Waals surface area (Å²) >= 11 is 1.70. The highest BCUT2D eigenvalue weighted by molar-refractivity contribution is 7.99. The van der Waals surface area contributed by atoms with Crippen LogP contribution in [0, 0.1) is 0 Å². The molecule has 4 rings (SSSR count). The molecule has 5 nitrogen and oxygen atoms in total. The van der Waals surface area contributed by atoms with E-state index in [0.29, 0.717) is 13.2 Å². The van der Waals surface area contributed by atoms with E-state index in [4.69, 9.17) is 9.47 Å². The molecule has 0 unspecified atom stereocenters. The van der Waals surface area contributed by atoms with E-state index in [1.165, 1.54) is 4.90 Å². The molecule has 2 aliphatic rings. The van der Waals surface area contributed by atoms with E-state index in [2.05, 4.69) is 46.0 Å². The maximum atomic E-state index is 5.63. The second-order valence-electron chi connectivity index (χ2n) is 5.21. The third-order valence-corrected chi connectivity index (χ3v) is 4.54. The summed E-state index contributed by atoms with van der Waals surface area (Å²) in [6, 6.07) is 14.4. The number of anilines is 1. The lowest BCUT2D eigenvalue weighted by atomic mass is 10.3. The van der Waals surface area contributed by atoms with Gasteiger partial charge in [-0.2, -0.15) is 0 Å². The lowest BCUT2D eigenvalue weighted by Crippen LogP contribution is -2.26. The van der Waals surface area contributed by atoms with E-state index in [-0.39, 0.29) is 0 Å². The molecule has 0 spiro atoms. The molecule has 2 aliphatic heterocycles. The van der Waals surface area contributed by atoms with E-state index in [0.717, 1.165) is 41.1 Å². The van der Waals surface area contributed by atoms with Gasteiger partial charge >= 0.3 is 0 Å². The zero-order valence-electron chi connectivity index (χ0n) is 12.5. The minimum absolute atomic E-state index is 0.611. The minimum atomic E-state index is 0.611. The van der Waals surface area contributed by atoms with Gasteiger partial charge in [0.15, 0.2) is 17.5 Å². The lowest BCUT2D eigenvalue weighted by Gasteiger charge is -2.18. The average molecular weight is 327 g/mol. The molecule has 2 aromatic rings. The number of aliphatic imine (C=N–C) groups is 1. The van der Waals surface area contributed by atoms with Crippen LogP contribution in [0.5, 0.6) is 11.5 Å². The van der Waals surface area contributed by atoms with Crippen molar-refractivity contribution >= 4 is 23.4 Å². The summed E-state index contributed by atoms with van der Waals surface area (Å²) in [7, 11) is 0. The fourth-order valence-corrected chi connectivity index (χ4v) is 3.29. The molecule has 2 N–H and O–H groups in total. The fraction of sp³-hybridized carbons (Fsp3) is 0.235. The van der Waals surface area contributed by atoms with Crippen LogP contribution in [-0.2, 0) is 0 Å². The number of benzene rings is 2. The fourth-order valence-electron chi connectivity index (χ4n) is 2.45. The zero-order valence-corrected chi connectivity index (χ0v) is 13.4. The van der Waals surface area contributed by atoms with Crippen LogP contribution in [0.25, 0.3) is 0 Å². The van der Waals surface area contributed by atoms with Crippen molar-refractivity contribution in [2.24, 2.45) is 4.99 Å². The number of nitrogens with one attached hydrogen (secondary N) is 2. The molecule has 0 amide bonds. The van der Waals surface area contributed by atoms with Gasteiger partial charge in [0.1, 0.15) is 13.2 Å². The Balaban J connectivity index is 1.44. The summed E-state index contributed by atoms with van der Waals surface area (Å²) in [5, 5.41) is 6.46. The third-order valence-electron chi connectivity index (χ3n) is 3.54. The molecule has 0 aliphatic carbocycles. The quantitative estimate of drug-likeness (QED) is 0.908. The van der Waals surface area contributed by atoms with Gasteiger partial charge in [0, 0.05) is 22.0 Å². The largest absolute Gasteiger partial charge is 0.486 e. The monoisotopic (exact) mass is 327 g/mol. The van der Waals surface area contributed by atoms with Crippen molar-refractivity contribution in [3.8, 4) is 11.5 Å². The van der Waals surface area contributed by atoms with Crippen molar-refractivity contribution in [2.45, 2.75) is 9.79 Å². The first-order valence-electron chi connectivity index (χ1n) is 7.60. The second-order valence-corrected chi connectivity index (χ2v) is 6.36. The summed E-state index contributed by atoms with van der Waals surface area (Å²) in [6.45, 7) is 2.97. The molecule has 0 saturated carbocycles. The van der Waals surface area contributed by atoms with Crippen LogP contribution in [-0.4, -0.2) is 32.3 Å². The van der Waals surface area contributed by atoms with Crippen molar-refractivity contribution in [1.82, 2.24) is 5.32 Å². The van der Waals surface area contributed by atoms with Gasteiger partial charge in [0.25, 0.3) is 0 Å². The first kappa shape index (κ1) is 14.3. The summed E-state index contributed by atoms with van der Waals surface area (Å²) in [4.78, 5) is 6.64. The smallest absolute Gasteiger partial charge is 0.195 e. The number of ether oxygens (including phenoxy) is 2. The van der Waals surface area contributed by atoms with Gasteiger partial charge in [-0.15, -0.1) is 0 Å². The SMILES string of the molecule is c1cc(Sc2ccc3c(c2)OCCO3)ccc1NC1=NCCN1. The molecule has 0 radical (unpaired) electrons. The van der Waals surface area contributed by atoms with Crippen LogP contribution < -0.4 is 20.1 Å². The van der Waals surface area contributed by atoms with Crippen molar-refractivity contribution in [2.75, 3.05) is 31.6 Å². The molecule has 0 aromatic heterocycles. The average Bonchev–Trinajstić information content (AvgIpc) is 3.10. The van der Waals surface area contributed by atoms with Gasteiger partial charge in [-0.1, -0.05) is 11.8 Å². The number of guanidine groups is 1. The molecule has 6 heteroatoms. The normalized spacial score (nSPS) is 15.7. The van der Waals surface area contributed by atoms with Crippen molar-refractivity contribution in [1.29, 1.82) is 0 Å². The van der Waals surface area contributed by atoms with Gasteiger partial charge in [0.05, 0.1) is 6.54 Å². The molecule has 2 aromatic carbocycles. The summed E-state index contributed by atoms with van der Waals surface area (Å²) in [6.07, 6.45) is 0. The van der Waals surface area contributed by atoms with Crippen LogP contribution in [0.3, 0.4) is 0 Å². The first-order valence-corrected chi connectivity index (χ1v) is 8.41. The molecule has 2 heterocycles. The van der Waals surface area contributed by atoms with Crippen molar-refractivity contribution in [3.63, 3.8) is 0 Å². The van der Waals surface area contributed by atoms with E-state index in [1.807, 2.05) is 12.1 Å². The molecule has 0 saturated heterocycles. The Morgan fingerprint density at radius 3 is 2.52 bits per heavy atom. The van der Waals surface area contributed by atoms with Crippen LogP contribution >= 0.6 is 11.8 Å². The molecular formula is C17H17N3O2S. The molecule has 118 valence electrons. The zero-order chi connectivity index (χ0) is 15.5. The van der Waals surface area contributed by atoms with Crippen molar-refractivity contribution < 1.29 is 9.47 Å². The van der Waals surface area contributed by atoms with Gasteiger partial charge in [-0.3, -0.25) is 4.99 Å². The molecule has 0 atom stereocenters. The highest BCUT2D eigenvalue weighted by atomic mass is 32.2. The van der Waals surface area contributed by atoms with Crippen LogP contribution in [0.2, 0.25) is 0 Å². The Morgan fingerprint density at radius 2 is 1.74 bits per heavy atom. The van der Waals surface area contributed by atoms with Gasteiger partial charge in [0.2, 0.25) is 0 Å². The second kappa shape index (κ2) is 6.42. The van der Waals surface area contributed by atoms with Gasteiger partial charge in [-0.25, -0.2) is 0 Å². The maximum Gasteiger partial charge on any atom is 0.195 e. The number of rotatable bonds is 3. The van der Waals surface area contributed by atoms with Crippen LogP contribution in [0.1, 0.15) is 0 Å². The summed E-state index contributed by atoms with van der Waals surface area (Å²) in [5.41, 5.74) is 1.03. The van der Waals surface area contributed by atoms with Gasteiger partial charge in [-0.05, 0) is 42.5 Å². The molecular weight excluding hydrogens is 310 g/mol. The Bertz CT molecular complexity index is 731. The number of nitrogens with zero attached hydrogens (tertiary/aromatic N) is 1. The molecule has 23 heavy (non-hydrogen) atoms. The highest BCUT2D eigenvalue weighted by Crippen LogP contribution is 2.37. The van der Waals surface area contributed by atoms with E-state index in [1.54, 1.807) is 11.8 Å². The Labute approximate surface area is 139 Å². The predicted octanol–water partition coefficient (Wildman–Crippen LogP) is 2.98. The summed E-state index contributed by atoms with van der Waals surface area (Å²) < 4.78 is 11.2. The number of fused-ring (bicyclic) bond motifs is 1. The van der Waals surface area contributed by atoms with E-state index < -0.39 is 0 Å². The van der Waals surface area contributed by atoms with E-state index >= 15 is 0 Å². The first-order chi connectivity index (χ1) is 11.4. The number of hydrogen-bond acceptors (Lipinski definition) is 6. The standard InChI is InChI=1S/C17H17N3O2S/c1-3-13(4-2-12(1)20-17-18-7-8-19-17)23-14-5-6-15-16(11-14)22-10-9-21-15/h1-6,11H,7-10H2,(H2,18,19,20). The van der Waals surface area contributed by atoms with E-state index in [9.17, 15) is 0 Å². The van der Waals surface area contributed by atoms with Crippen LogP contribution in [0.4, 0.5) is 5.69 Å². The Kier molecular flexibility index (Phi) is 3.98. The maximum absolute atomic E-state index is 5.63. The highest BCUT2D eigenvalue weighted by Gasteiger charge is 2.12. The lowest BCUT2D eigenvalue weighted by molar-refractivity contribution is 0.171. The van der Waals surface area contributed by atoms with Crippen LogP contribution in [0.15, 0.2) is 57.2 Å². The predicted molar refractivity (Wildman–Crippen MR) is 91.9 cm³/mol. The summed E-state index contributed by atoms with van der Waals surface area (Å²) in [5.74, 6) is 2.49. The third kappa shape index (κ3) is 3.37. The molecule has 0 bridgehead atoms. The Morgan fingerprint density at radius 1 is 0.957 bits per heavy atom. The van der Waals surface area contributed by atoms with Gasteiger partial charge < -0.3 is 20.1 Å². The molecule has 0 fully saturated rings.